The summed E-state index contributed by atoms with van der Waals surface area (Å²) in [6, 6.07) is -0.645. The van der Waals surface area contributed by atoms with E-state index >= 15 is 0 Å². The van der Waals surface area contributed by atoms with Gasteiger partial charge in [0.05, 0.1) is 0 Å². The van der Waals surface area contributed by atoms with E-state index in [4.69, 9.17) is 10.2 Å². The summed E-state index contributed by atoms with van der Waals surface area (Å²) in [5.74, 6) is -1.47. The molecule has 0 bridgehead atoms. The molecule has 0 aromatic carbocycles. The lowest BCUT2D eigenvalue weighted by Gasteiger charge is -2.18. The lowest BCUT2D eigenvalue weighted by molar-refractivity contribution is -0.140. The highest BCUT2D eigenvalue weighted by Crippen LogP contribution is 2.36. The third-order valence-electron chi connectivity index (χ3n) is 2.73. The minimum atomic E-state index is -1.24. The van der Waals surface area contributed by atoms with E-state index in [9.17, 15) is 14.4 Å². The molecule has 0 radical (unpaired) electrons. The number of nitrogens with zero attached hydrogens (tertiary/aromatic N) is 1. The van der Waals surface area contributed by atoms with Crippen molar-refractivity contribution in [1.82, 2.24) is 10.2 Å². The van der Waals surface area contributed by atoms with Crippen LogP contribution in [-0.2, 0) is 9.59 Å². The number of carbonyl (C=O) groups is 3. The normalized spacial score (nSPS) is 21.7. The molecule has 2 atom stereocenters. The molecule has 0 aliphatic heterocycles. The lowest BCUT2D eigenvalue weighted by atomic mass is 10.3. The van der Waals surface area contributed by atoms with Crippen LogP contribution in [0.3, 0.4) is 0 Å². The number of carboxylic acids is 2. The molecule has 7 heteroatoms. The fraction of sp³-hybridized carbons (Fsp3) is 0.700. The second-order valence-corrected chi connectivity index (χ2v) is 4.30. The summed E-state index contributed by atoms with van der Waals surface area (Å²) in [5, 5.41) is 19.7. The molecule has 2 amide bonds. The summed E-state index contributed by atoms with van der Waals surface area (Å²) in [5.41, 5.74) is 0. The third-order valence-corrected chi connectivity index (χ3v) is 2.73. The standard InChI is InChI=1S/C10H16N2O5/c1-6-2-7(6)3-11-10(17)12(4-8(13)14)5-9(15)16/h6-7H,2-5H2,1H3,(H,11,17)(H,13,14)(H,15,16). The van der Waals surface area contributed by atoms with Crippen molar-refractivity contribution in [2.24, 2.45) is 11.8 Å². The summed E-state index contributed by atoms with van der Waals surface area (Å²) >= 11 is 0. The molecule has 7 nitrogen and oxygen atoms in total. The molecule has 0 saturated heterocycles. The van der Waals surface area contributed by atoms with Crippen LogP contribution in [-0.4, -0.2) is 52.7 Å². The second-order valence-electron chi connectivity index (χ2n) is 4.30. The van der Waals surface area contributed by atoms with Crippen LogP contribution in [0.15, 0.2) is 0 Å². The van der Waals surface area contributed by atoms with Crippen molar-refractivity contribution in [3.05, 3.63) is 0 Å². The zero-order valence-electron chi connectivity index (χ0n) is 9.55. The van der Waals surface area contributed by atoms with E-state index in [-0.39, 0.29) is 0 Å². The van der Waals surface area contributed by atoms with Gasteiger partial charge in [-0.05, 0) is 18.3 Å². The Balaban J connectivity index is 2.40. The van der Waals surface area contributed by atoms with Gasteiger partial charge in [-0.1, -0.05) is 6.92 Å². The number of aliphatic carboxylic acids is 2. The minimum Gasteiger partial charge on any atom is -0.480 e. The number of carbonyl (C=O) groups excluding carboxylic acids is 1. The van der Waals surface area contributed by atoms with Crippen molar-refractivity contribution in [2.45, 2.75) is 13.3 Å². The summed E-state index contributed by atoms with van der Waals surface area (Å²) < 4.78 is 0. The Labute approximate surface area is 98.4 Å². The molecule has 2 unspecified atom stereocenters. The Bertz CT molecular complexity index is 315. The van der Waals surface area contributed by atoms with Crippen LogP contribution in [0.25, 0.3) is 0 Å². The fourth-order valence-electron chi connectivity index (χ4n) is 1.54. The van der Waals surface area contributed by atoms with Gasteiger partial charge in [-0.3, -0.25) is 9.59 Å². The van der Waals surface area contributed by atoms with E-state index in [1.54, 1.807) is 0 Å². The Kier molecular flexibility index (Phi) is 4.30. The molecule has 0 heterocycles. The monoisotopic (exact) mass is 244 g/mol. The predicted molar refractivity (Wildman–Crippen MR) is 57.5 cm³/mol. The average Bonchev–Trinajstić information content (AvgIpc) is 2.88. The molecule has 0 spiro atoms. The number of rotatable bonds is 6. The Hall–Kier alpha value is -1.79. The van der Waals surface area contributed by atoms with Gasteiger partial charge in [0.25, 0.3) is 0 Å². The maximum absolute atomic E-state index is 11.5. The molecular weight excluding hydrogens is 228 g/mol. The zero-order valence-corrected chi connectivity index (χ0v) is 9.55. The molecule has 0 aromatic rings. The van der Waals surface area contributed by atoms with Gasteiger partial charge in [0, 0.05) is 6.54 Å². The van der Waals surface area contributed by atoms with Crippen LogP contribution >= 0.6 is 0 Å². The van der Waals surface area contributed by atoms with Gasteiger partial charge in [-0.15, -0.1) is 0 Å². The molecular formula is C10H16N2O5. The van der Waals surface area contributed by atoms with Gasteiger partial charge < -0.3 is 20.4 Å². The van der Waals surface area contributed by atoms with Gasteiger partial charge in [0.1, 0.15) is 13.1 Å². The maximum atomic E-state index is 11.5. The first-order valence-electron chi connectivity index (χ1n) is 5.36. The average molecular weight is 244 g/mol. The Morgan fingerprint density at radius 2 is 1.71 bits per heavy atom. The van der Waals surface area contributed by atoms with Crippen LogP contribution in [0, 0.1) is 11.8 Å². The van der Waals surface area contributed by atoms with Crippen LogP contribution in [0.5, 0.6) is 0 Å². The molecule has 0 aromatic heterocycles. The molecule has 1 rings (SSSR count). The summed E-state index contributed by atoms with van der Waals surface area (Å²) in [6.07, 6.45) is 1.04. The van der Waals surface area contributed by atoms with Crippen molar-refractivity contribution in [2.75, 3.05) is 19.6 Å². The molecule has 17 heavy (non-hydrogen) atoms. The van der Waals surface area contributed by atoms with E-state index in [2.05, 4.69) is 12.2 Å². The number of nitrogens with one attached hydrogen (secondary N) is 1. The highest BCUT2D eigenvalue weighted by Gasteiger charge is 2.33. The van der Waals surface area contributed by atoms with Crippen molar-refractivity contribution in [1.29, 1.82) is 0 Å². The molecule has 1 fully saturated rings. The van der Waals surface area contributed by atoms with E-state index in [1.165, 1.54) is 0 Å². The van der Waals surface area contributed by atoms with E-state index in [1.807, 2.05) is 0 Å². The highest BCUT2D eigenvalue weighted by molar-refractivity contribution is 5.84. The van der Waals surface area contributed by atoms with Crippen molar-refractivity contribution < 1.29 is 24.6 Å². The van der Waals surface area contributed by atoms with Gasteiger partial charge in [0.15, 0.2) is 0 Å². The molecule has 96 valence electrons. The number of urea groups is 1. The van der Waals surface area contributed by atoms with Gasteiger partial charge in [-0.25, -0.2) is 4.79 Å². The molecule has 1 saturated carbocycles. The van der Waals surface area contributed by atoms with Crippen LogP contribution in [0.4, 0.5) is 4.79 Å². The van der Waals surface area contributed by atoms with E-state index in [0.717, 1.165) is 11.3 Å². The van der Waals surface area contributed by atoms with Gasteiger partial charge in [0.2, 0.25) is 0 Å². The van der Waals surface area contributed by atoms with E-state index in [0.29, 0.717) is 18.4 Å². The van der Waals surface area contributed by atoms with Gasteiger partial charge in [-0.2, -0.15) is 0 Å². The molecule has 1 aliphatic carbocycles. The van der Waals surface area contributed by atoms with Crippen LogP contribution < -0.4 is 5.32 Å². The zero-order chi connectivity index (χ0) is 13.0. The number of hydrogen-bond acceptors (Lipinski definition) is 3. The summed E-state index contributed by atoms with van der Waals surface area (Å²) in [4.78, 5) is 33.3. The quantitative estimate of drug-likeness (QED) is 0.601. The molecule has 1 aliphatic rings. The summed E-state index contributed by atoms with van der Waals surface area (Å²) in [7, 11) is 0. The van der Waals surface area contributed by atoms with Crippen LogP contribution in [0.2, 0.25) is 0 Å². The molecule has 3 N–H and O–H groups in total. The lowest BCUT2D eigenvalue weighted by Crippen LogP contribution is -2.45. The van der Waals surface area contributed by atoms with Crippen LogP contribution in [0.1, 0.15) is 13.3 Å². The SMILES string of the molecule is CC1CC1CNC(=O)N(CC(=O)O)CC(=O)O. The second kappa shape index (κ2) is 5.51. The highest BCUT2D eigenvalue weighted by atomic mass is 16.4. The maximum Gasteiger partial charge on any atom is 0.323 e. The third kappa shape index (κ3) is 4.71. The number of carboxylic acid groups (broad SMARTS) is 2. The fourth-order valence-corrected chi connectivity index (χ4v) is 1.54. The predicted octanol–water partition coefficient (Wildman–Crippen LogP) is -0.177. The minimum absolute atomic E-state index is 0.426. The van der Waals surface area contributed by atoms with Crippen molar-refractivity contribution in [3.8, 4) is 0 Å². The van der Waals surface area contributed by atoms with Crippen molar-refractivity contribution in [3.63, 3.8) is 0 Å². The van der Waals surface area contributed by atoms with Crippen molar-refractivity contribution >= 4 is 18.0 Å². The topological polar surface area (TPSA) is 107 Å². The first kappa shape index (κ1) is 13.3. The number of hydrogen-bond donors (Lipinski definition) is 3. The Morgan fingerprint density at radius 3 is 2.06 bits per heavy atom. The largest absolute Gasteiger partial charge is 0.480 e. The Morgan fingerprint density at radius 1 is 1.24 bits per heavy atom. The van der Waals surface area contributed by atoms with E-state index < -0.39 is 31.1 Å². The number of amides is 2. The first-order valence-corrected chi connectivity index (χ1v) is 5.36. The summed E-state index contributed by atoms with van der Waals surface area (Å²) in [6.45, 7) is 1.30. The smallest absolute Gasteiger partial charge is 0.323 e. The first-order chi connectivity index (χ1) is 7.90. The van der Waals surface area contributed by atoms with Gasteiger partial charge >= 0.3 is 18.0 Å².